The Morgan fingerprint density at radius 2 is 2.00 bits per heavy atom. The van der Waals surface area contributed by atoms with Gasteiger partial charge >= 0.3 is 0 Å². The quantitative estimate of drug-likeness (QED) is 0.823. The van der Waals surface area contributed by atoms with E-state index < -0.39 is 0 Å². The number of ether oxygens (including phenoxy) is 1. The highest BCUT2D eigenvalue weighted by Gasteiger charge is 2.20. The van der Waals surface area contributed by atoms with Gasteiger partial charge in [-0.15, -0.1) is 0 Å². The molecular formula is C13H18O2. The Bertz CT molecular complexity index is 284. The van der Waals surface area contributed by atoms with Gasteiger partial charge in [0.25, 0.3) is 0 Å². The molecule has 0 heterocycles. The highest BCUT2D eigenvalue weighted by molar-refractivity contribution is 5.13. The first-order valence-corrected chi connectivity index (χ1v) is 5.68. The van der Waals surface area contributed by atoms with Crippen molar-refractivity contribution >= 4 is 0 Å². The molecule has 1 aromatic carbocycles. The first kappa shape index (κ1) is 10.7. The molecule has 15 heavy (non-hydrogen) atoms. The van der Waals surface area contributed by atoms with E-state index in [1.807, 2.05) is 18.2 Å². The van der Waals surface area contributed by atoms with Gasteiger partial charge in [-0.25, -0.2) is 0 Å². The van der Waals surface area contributed by atoms with Crippen molar-refractivity contribution in [3.05, 3.63) is 35.9 Å². The van der Waals surface area contributed by atoms with Crippen molar-refractivity contribution in [3.8, 4) is 0 Å². The molecule has 2 nitrogen and oxygen atoms in total. The molecule has 1 saturated carbocycles. The Balaban J connectivity index is 1.78. The van der Waals surface area contributed by atoms with Crippen LogP contribution in [0.5, 0.6) is 0 Å². The van der Waals surface area contributed by atoms with Gasteiger partial charge < -0.3 is 9.84 Å². The smallest absolute Gasteiger partial charge is 0.0720 e. The molecule has 0 aliphatic heterocycles. The van der Waals surface area contributed by atoms with Gasteiger partial charge in [0.1, 0.15) is 0 Å². The fourth-order valence-corrected chi connectivity index (χ4v) is 2.06. The van der Waals surface area contributed by atoms with Crippen LogP contribution in [0.25, 0.3) is 0 Å². The summed E-state index contributed by atoms with van der Waals surface area (Å²) in [5.74, 6) is 0. The number of aliphatic hydroxyl groups excluding tert-OH is 1. The number of benzene rings is 1. The summed E-state index contributed by atoms with van der Waals surface area (Å²) in [5, 5.41) is 9.50. The van der Waals surface area contributed by atoms with Crippen LogP contribution >= 0.6 is 0 Å². The summed E-state index contributed by atoms with van der Waals surface area (Å²) in [4.78, 5) is 0. The molecule has 0 spiro atoms. The molecule has 1 N–H and O–H groups in total. The first-order valence-electron chi connectivity index (χ1n) is 5.68. The van der Waals surface area contributed by atoms with Gasteiger partial charge in [0, 0.05) is 0 Å². The van der Waals surface area contributed by atoms with E-state index in [4.69, 9.17) is 4.74 Å². The van der Waals surface area contributed by atoms with Crippen molar-refractivity contribution in [2.45, 2.75) is 44.5 Å². The number of hydrogen-bond acceptors (Lipinski definition) is 2. The summed E-state index contributed by atoms with van der Waals surface area (Å²) in [7, 11) is 0. The lowest BCUT2D eigenvalue weighted by molar-refractivity contribution is -0.0228. The molecule has 1 aliphatic rings. The van der Waals surface area contributed by atoms with Gasteiger partial charge in [0.2, 0.25) is 0 Å². The molecule has 1 fully saturated rings. The minimum Gasteiger partial charge on any atom is -0.393 e. The van der Waals surface area contributed by atoms with E-state index >= 15 is 0 Å². The van der Waals surface area contributed by atoms with Crippen LogP contribution in [0.3, 0.4) is 0 Å². The van der Waals surface area contributed by atoms with Gasteiger partial charge in [-0.3, -0.25) is 0 Å². The second-order valence-corrected chi connectivity index (χ2v) is 4.24. The molecule has 1 aromatic rings. The Morgan fingerprint density at radius 3 is 2.73 bits per heavy atom. The lowest BCUT2D eigenvalue weighted by Crippen LogP contribution is -2.25. The average Bonchev–Trinajstić information content (AvgIpc) is 2.28. The van der Waals surface area contributed by atoms with Gasteiger partial charge in [-0.2, -0.15) is 0 Å². The second-order valence-electron chi connectivity index (χ2n) is 4.24. The summed E-state index contributed by atoms with van der Waals surface area (Å²) in [6.07, 6.45) is 4.00. The topological polar surface area (TPSA) is 29.5 Å². The Morgan fingerprint density at radius 1 is 1.20 bits per heavy atom. The molecule has 2 heteroatoms. The predicted octanol–water partition coefficient (Wildman–Crippen LogP) is 2.51. The van der Waals surface area contributed by atoms with E-state index in [2.05, 4.69) is 12.1 Å². The lowest BCUT2D eigenvalue weighted by atomic mass is 9.95. The zero-order valence-corrected chi connectivity index (χ0v) is 8.93. The van der Waals surface area contributed by atoms with Crippen molar-refractivity contribution in [3.63, 3.8) is 0 Å². The SMILES string of the molecule is O[C@@H]1CCC[C@@H](OCc2ccccc2)C1. The van der Waals surface area contributed by atoms with Crippen molar-refractivity contribution in [1.82, 2.24) is 0 Å². The molecular weight excluding hydrogens is 188 g/mol. The normalized spacial score (nSPS) is 26.5. The van der Waals surface area contributed by atoms with Gasteiger partial charge in [-0.1, -0.05) is 30.3 Å². The Hall–Kier alpha value is -0.860. The van der Waals surface area contributed by atoms with Crippen molar-refractivity contribution < 1.29 is 9.84 Å². The molecule has 0 saturated heterocycles. The molecule has 0 radical (unpaired) electrons. The number of hydrogen-bond donors (Lipinski definition) is 1. The van der Waals surface area contributed by atoms with Gasteiger partial charge in [-0.05, 0) is 31.2 Å². The molecule has 0 aromatic heterocycles. The van der Waals surface area contributed by atoms with Crippen molar-refractivity contribution in [2.75, 3.05) is 0 Å². The molecule has 0 bridgehead atoms. The Kier molecular flexibility index (Phi) is 3.75. The van der Waals surface area contributed by atoms with E-state index in [0.717, 1.165) is 25.7 Å². The van der Waals surface area contributed by atoms with Crippen LogP contribution in [-0.4, -0.2) is 17.3 Å². The lowest BCUT2D eigenvalue weighted by Gasteiger charge is -2.25. The van der Waals surface area contributed by atoms with Crippen molar-refractivity contribution in [1.29, 1.82) is 0 Å². The van der Waals surface area contributed by atoms with Crippen LogP contribution in [0.4, 0.5) is 0 Å². The fraction of sp³-hybridized carbons (Fsp3) is 0.538. The molecule has 2 rings (SSSR count). The van der Waals surface area contributed by atoms with Crippen LogP contribution in [0.15, 0.2) is 30.3 Å². The average molecular weight is 206 g/mol. The summed E-state index contributed by atoms with van der Waals surface area (Å²) < 4.78 is 5.78. The van der Waals surface area contributed by atoms with Gasteiger partial charge in [0.05, 0.1) is 18.8 Å². The monoisotopic (exact) mass is 206 g/mol. The largest absolute Gasteiger partial charge is 0.393 e. The van der Waals surface area contributed by atoms with E-state index in [1.165, 1.54) is 5.56 Å². The highest BCUT2D eigenvalue weighted by Crippen LogP contribution is 2.21. The maximum atomic E-state index is 9.50. The maximum absolute atomic E-state index is 9.50. The first-order chi connectivity index (χ1) is 7.34. The zero-order valence-electron chi connectivity index (χ0n) is 8.93. The molecule has 82 valence electrons. The summed E-state index contributed by atoms with van der Waals surface area (Å²) in [5.41, 5.74) is 1.21. The predicted molar refractivity (Wildman–Crippen MR) is 59.5 cm³/mol. The van der Waals surface area contributed by atoms with E-state index in [-0.39, 0.29) is 12.2 Å². The molecule has 2 atom stereocenters. The number of aliphatic hydroxyl groups is 1. The molecule has 1 aliphatic carbocycles. The highest BCUT2D eigenvalue weighted by atomic mass is 16.5. The molecule has 0 amide bonds. The van der Waals surface area contributed by atoms with E-state index in [0.29, 0.717) is 6.61 Å². The van der Waals surface area contributed by atoms with Crippen molar-refractivity contribution in [2.24, 2.45) is 0 Å². The third kappa shape index (κ3) is 3.33. The summed E-state index contributed by atoms with van der Waals surface area (Å²) in [6.45, 7) is 0.665. The molecule has 0 unspecified atom stereocenters. The fourth-order valence-electron chi connectivity index (χ4n) is 2.06. The van der Waals surface area contributed by atoms with Crippen LogP contribution < -0.4 is 0 Å². The van der Waals surface area contributed by atoms with Gasteiger partial charge in [0.15, 0.2) is 0 Å². The summed E-state index contributed by atoms with van der Waals surface area (Å²) >= 11 is 0. The third-order valence-corrected chi connectivity index (χ3v) is 2.93. The van der Waals surface area contributed by atoms with Crippen LogP contribution in [-0.2, 0) is 11.3 Å². The second kappa shape index (κ2) is 5.29. The van der Waals surface area contributed by atoms with Crippen LogP contribution in [0.1, 0.15) is 31.2 Å². The van der Waals surface area contributed by atoms with Crippen LogP contribution in [0.2, 0.25) is 0 Å². The minimum atomic E-state index is -0.153. The summed E-state index contributed by atoms with van der Waals surface area (Å²) in [6, 6.07) is 10.2. The third-order valence-electron chi connectivity index (χ3n) is 2.93. The number of rotatable bonds is 3. The maximum Gasteiger partial charge on any atom is 0.0720 e. The minimum absolute atomic E-state index is 0.153. The van der Waals surface area contributed by atoms with E-state index in [1.54, 1.807) is 0 Å². The van der Waals surface area contributed by atoms with Crippen LogP contribution in [0, 0.1) is 0 Å². The Labute approximate surface area is 90.9 Å². The standard InChI is InChI=1S/C13H18O2/c14-12-7-4-8-13(9-12)15-10-11-5-2-1-3-6-11/h1-3,5-6,12-14H,4,7-10H2/t12-,13-/m1/s1. The van der Waals surface area contributed by atoms with E-state index in [9.17, 15) is 5.11 Å². The zero-order chi connectivity index (χ0) is 10.5.